The Morgan fingerprint density at radius 1 is 1.36 bits per heavy atom. The molecule has 1 aromatic heterocycles. The summed E-state index contributed by atoms with van der Waals surface area (Å²) in [5.41, 5.74) is 7.07. The molecule has 62 valence electrons. The zero-order valence-corrected chi connectivity index (χ0v) is 8.38. The largest absolute Gasteiger partial charge is 0.322 e. The third-order valence-corrected chi connectivity index (χ3v) is 2.70. The summed E-state index contributed by atoms with van der Waals surface area (Å²) in [6.45, 7) is 8.33. The van der Waals surface area contributed by atoms with Gasteiger partial charge in [0.25, 0.3) is 0 Å². The van der Waals surface area contributed by atoms with Crippen molar-refractivity contribution in [2.75, 3.05) is 0 Å². The van der Waals surface area contributed by atoms with E-state index in [1.807, 2.05) is 25.2 Å². The number of aryl methyl sites for hydroxylation is 2. The molecule has 0 aromatic carbocycles. The third-order valence-electron chi connectivity index (χ3n) is 1.74. The van der Waals surface area contributed by atoms with Crippen LogP contribution in [0.25, 0.3) is 0 Å². The molecule has 0 aliphatic carbocycles. The normalized spacial score (nSPS) is 12.1. The van der Waals surface area contributed by atoms with E-state index in [9.17, 15) is 0 Å². The Kier molecular flexibility index (Phi) is 2.08. The van der Waals surface area contributed by atoms with Gasteiger partial charge in [-0.2, -0.15) is 0 Å². The number of hydrogen-bond acceptors (Lipinski definition) is 2. The van der Waals surface area contributed by atoms with Gasteiger partial charge in [0.05, 0.1) is 0 Å². The lowest BCUT2D eigenvalue weighted by molar-refractivity contribution is 0.553. The Labute approximate surface area is 72.2 Å². The molecular formula is C9H15NS. The lowest BCUT2D eigenvalue weighted by Crippen LogP contribution is -2.28. The van der Waals surface area contributed by atoms with E-state index in [1.165, 1.54) is 15.3 Å². The molecule has 0 unspecified atom stereocenters. The Bertz CT molecular complexity index is 255. The maximum absolute atomic E-state index is 5.98. The third kappa shape index (κ3) is 1.82. The minimum Gasteiger partial charge on any atom is -0.322 e. The molecule has 1 rings (SSSR count). The molecule has 1 nitrogen and oxygen atoms in total. The van der Waals surface area contributed by atoms with Crippen molar-refractivity contribution in [3.05, 3.63) is 21.4 Å². The summed E-state index contributed by atoms with van der Waals surface area (Å²) >= 11 is 1.82. The van der Waals surface area contributed by atoms with E-state index in [-0.39, 0.29) is 5.54 Å². The molecule has 0 aliphatic rings. The number of rotatable bonds is 1. The van der Waals surface area contributed by atoms with E-state index in [0.29, 0.717) is 0 Å². The molecule has 0 aliphatic heterocycles. The van der Waals surface area contributed by atoms with Gasteiger partial charge in [-0.25, -0.2) is 0 Å². The molecular weight excluding hydrogens is 154 g/mol. The van der Waals surface area contributed by atoms with Gasteiger partial charge in [0, 0.05) is 15.3 Å². The predicted octanol–water partition coefficient (Wildman–Crippen LogP) is 2.56. The standard InChI is InChI=1S/C9H15NS/c1-6-5-8(7(2)11-6)9(3,4)10/h5H,10H2,1-4H3. The van der Waals surface area contributed by atoms with Gasteiger partial charge < -0.3 is 5.73 Å². The van der Waals surface area contributed by atoms with Crippen LogP contribution in [0.2, 0.25) is 0 Å². The summed E-state index contributed by atoms with van der Waals surface area (Å²) in [5.74, 6) is 0. The Hall–Kier alpha value is -0.340. The van der Waals surface area contributed by atoms with Crippen molar-refractivity contribution < 1.29 is 0 Å². The van der Waals surface area contributed by atoms with Gasteiger partial charge in [0.1, 0.15) is 0 Å². The lowest BCUT2D eigenvalue weighted by Gasteiger charge is -2.18. The quantitative estimate of drug-likeness (QED) is 0.687. The molecule has 1 heterocycles. The average molecular weight is 169 g/mol. The SMILES string of the molecule is Cc1cc(C(C)(C)N)c(C)s1. The molecule has 0 saturated carbocycles. The fourth-order valence-corrected chi connectivity index (χ4v) is 2.36. The molecule has 2 N–H and O–H groups in total. The highest BCUT2D eigenvalue weighted by Crippen LogP contribution is 2.28. The predicted molar refractivity (Wildman–Crippen MR) is 51.0 cm³/mol. The fraction of sp³-hybridized carbons (Fsp3) is 0.556. The number of nitrogens with two attached hydrogens (primary N) is 1. The summed E-state index contributed by atoms with van der Waals surface area (Å²) < 4.78 is 0. The molecule has 0 atom stereocenters. The molecule has 0 fully saturated rings. The zero-order valence-electron chi connectivity index (χ0n) is 7.56. The highest BCUT2D eigenvalue weighted by atomic mass is 32.1. The van der Waals surface area contributed by atoms with Gasteiger partial charge in [0.15, 0.2) is 0 Å². The first-order chi connectivity index (χ1) is 4.91. The van der Waals surface area contributed by atoms with Crippen LogP contribution < -0.4 is 5.73 Å². The van der Waals surface area contributed by atoms with Crippen LogP contribution in [0.5, 0.6) is 0 Å². The van der Waals surface area contributed by atoms with Crippen molar-refractivity contribution in [3.63, 3.8) is 0 Å². The van der Waals surface area contributed by atoms with Crippen LogP contribution >= 0.6 is 11.3 Å². The smallest absolute Gasteiger partial charge is 0.0363 e. The molecule has 0 radical (unpaired) electrons. The maximum Gasteiger partial charge on any atom is 0.0363 e. The minimum atomic E-state index is -0.186. The van der Waals surface area contributed by atoms with Gasteiger partial charge in [-0.05, 0) is 39.3 Å². The van der Waals surface area contributed by atoms with E-state index in [2.05, 4.69) is 19.9 Å². The number of thiophene rings is 1. The van der Waals surface area contributed by atoms with E-state index >= 15 is 0 Å². The van der Waals surface area contributed by atoms with Crippen LogP contribution in [0.15, 0.2) is 6.07 Å². The van der Waals surface area contributed by atoms with Gasteiger partial charge in [-0.1, -0.05) is 0 Å². The van der Waals surface area contributed by atoms with Crippen molar-refractivity contribution >= 4 is 11.3 Å². The van der Waals surface area contributed by atoms with Crippen molar-refractivity contribution in [1.82, 2.24) is 0 Å². The van der Waals surface area contributed by atoms with Crippen LogP contribution in [-0.2, 0) is 5.54 Å². The van der Waals surface area contributed by atoms with Crippen LogP contribution in [0.1, 0.15) is 29.2 Å². The first-order valence-corrected chi connectivity index (χ1v) is 4.59. The molecule has 11 heavy (non-hydrogen) atoms. The van der Waals surface area contributed by atoms with E-state index in [1.54, 1.807) is 0 Å². The molecule has 0 spiro atoms. The second-order valence-electron chi connectivity index (χ2n) is 3.55. The lowest BCUT2D eigenvalue weighted by atomic mass is 9.96. The Morgan fingerprint density at radius 2 is 1.91 bits per heavy atom. The second kappa shape index (κ2) is 2.61. The van der Waals surface area contributed by atoms with Gasteiger partial charge in [-0.3, -0.25) is 0 Å². The topological polar surface area (TPSA) is 26.0 Å². The zero-order chi connectivity index (χ0) is 8.65. The summed E-state index contributed by atoms with van der Waals surface area (Å²) in [6.07, 6.45) is 0. The van der Waals surface area contributed by atoms with Crippen LogP contribution in [0.4, 0.5) is 0 Å². The minimum absolute atomic E-state index is 0.186. The first kappa shape index (κ1) is 8.75. The van der Waals surface area contributed by atoms with E-state index in [0.717, 1.165) is 0 Å². The summed E-state index contributed by atoms with van der Waals surface area (Å²) in [4.78, 5) is 2.69. The van der Waals surface area contributed by atoms with Crippen molar-refractivity contribution in [1.29, 1.82) is 0 Å². The summed E-state index contributed by atoms with van der Waals surface area (Å²) in [6, 6.07) is 2.18. The highest BCUT2D eigenvalue weighted by molar-refractivity contribution is 7.12. The fourth-order valence-electron chi connectivity index (χ4n) is 1.27. The molecule has 0 amide bonds. The van der Waals surface area contributed by atoms with Crippen molar-refractivity contribution in [3.8, 4) is 0 Å². The van der Waals surface area contributed by atoms with Crippen molar-refractivity contribution in [2.45, 2.75) is 33.2 Å². The van der Waals surface area contributed by atoms with Gasteiger partial charge >= 0.3 is 0 Å². The van der Waals surface area contributed by atoms with Crippen LogP contribution in [-0.4, -0.2) is 0 Å². The Morgan fingerprint density at radius 3 is 2.09 bits per heavy atom. The maximum atomic E-state index is 5.98. The Balaban J connectivity index is 3.13. The summed E-state index contributed by atoms with van der Waals surface area (Å²) in [5, 5.41) is 0. The average Bonchev–Trinajstić information content (AvgIpc) is 2.08. The highest BCUT2D eigenvalue weighted by Gasteiger charge is 2.17. The number of hydrogen-bond donors (Lipinski definition) is 1. The van der Waals surface area contributed by atoms with Gasteiger partial charge in [0.2, 0.25) is 0 Å². The first-order valence-electron chi connectivity index (χ1n) is 3.77. The molecule has 1 aromatic rings. The van der Waals surface area contributed by atoms with Crippen LogP contribution in [0.3, 0.4) is 0 Å². The van der Waals surface area contributed by atoms with Crippen LogP contribution in [0, 0.1) is 13.8 Å². The molecule has 0 bridgehead atoms. The monoisotopic (exact) mass is 169 g/mol. The molecule has 2 heteroatoms. The summed E-state index contributed by atoms with van der Waals surface area (Å²) in [7, 11) is 0. The van der Waals surface area contributed by atoms with Crippen molar-refractivity contribution in [2.24, 2.45) is 5.73 Å². The second-order valence-corrected chi connectivity index (χ2v) is 5.01. The van der Waals surface area contributed by atoms with E-state index < -0.39 is 0 Å². The molecule has 0 saturated heterocycles. The van der Waals surface area contributed by atoms with Gasteiger partial charge in [-0.15, -0.1) is 11.3 Å². The van der Waals surface area contributed by atoms with E-state index in [4.69, 9.17) is 5.73 Å².